The molecule has 0 radical (unpaired) electrons. The van der Waals surface area contributed by atoms with Crippen molar-refractivity contribution in [1.82, 2.24) is 10.2 Å². The minimum absolute atomic E-state index is 0.0275. The van der Waals surface area contributed by atoms with Gasteiger partial charge in [-0.2, -0.15) is 0 Å². The standard InChI is InChI=1S/C23H30N4O8/c1-13-9-22(3,4)12-23(10-13)20(30)26(21(31)25-23)11-18(28)35-14(2)19(29)24-16-8-15(27(32)33)6-7-17(16)34-5/h6-8,13-14H,9-12H2,1-5H3,(H,24,29)(H,25,31). The lowest BCUT2D eigenvalue weighted by Gasteiger charge is -2.43. The van der Waals surface area contributed by atoms with Crippen LogP contribution in [-0.2, 0) is 19.1 Å². The number of hydrogen-bond donors (Lipinski definition) is 2. The average Bonchev–Trinajstić information content (AvgIpc) is 2.95. The highest BCUT2D eigenvalue weighted by atomic mass is 16.6. The quantitative estimate of drug-likeness (QED) is 0.256. The Labute approximate surface area is 202 Å². The van der Waals surface area contributed by atoms with Crippen molar-refractivity contribution in [2.75, 3.05) is 19.0 Å². The molecule has 2 N–H and O–H groups in total. The summed E-state index contributed by atoms with van der Waals surface area (Å²) in [6, 6.07) is 2.99. The topological polar surface area (TPSA) is 157 Å². The van der Waals surface area contributed by atoms with Crippen LogP contribution < -0.4 is 15.4 Å². The summed E-state index contributed by atoms with van der Waals surface area (Å²) in [5.74, 6) is -1.80. The molecule has 190 valence electrons. The van der Waals surface area contributed by atoms with Crippen LogP contribution in [0.5, 0.6) is 5.75 Å². The van der Waals surface area contributed by atoms with Crippen molar-refractivity contribution in [1.29, 1.82) is 0 Å². The Morgan fingerprint density at radius 2 is 2.00 bits per heavy atom. The molecule has 4 amide bonds. The van der Waals surface area contributed by atoms with Crippen LogP contribution in [0.2, 0.25) is 0 Å². The van der Waals surface area contributed by atoms with Crippen LogP contribution in [0, 0.1) is 21.4 Å². The second kappa shape index (κ2) is 9.51. The van der Waals surface area contributed by atoms with E-state index in [2.05, 4.69) is 10.6 Å². The molecule has 3 atom stereocenters. The predicted molar refractivity (Wildman–Crippen MR) is 124 cm³/mol. The number of methoxy groups -OCH3 is 1. The van der Waals surface area contributed by atoms with Gasteiger partial charge in [0.2, 0.25) is 0 Å². The molecule has 1 spiro atoms. The fourth-order valence-corrected chi connectivity index (χ4v) is 5.21. The lowest BCUT2D eigenvalue weighted by molar-refractivity contribution is -0.384. The van der Waals surface area contributed by atoms with Gasteiger partial charge in [-0.25, -0.2) is 4.79 Å². The molecule has 12 nitrogen and oxygen atoms in total. The molecular formula is C23H30N4O8. The van der Waals surface area contributed by atoms with Gasteiger partial charge >= 0.3 is 12.0 Å². The van der Waals surface area contributed by atoms with Crippen LogP contribution in [0.3, 0.4) is 0 Å². The maximum Gasteiger partial charge on any atom is 0.327 e. The Morgan fingerprint density at radius 1 is 1.31 bits per heavy atom. The molecule has 1 aliphatic heterocycles. The first-order chi connectivity index (χ1) is 16.3. The molecule has 1 aromatic rings. The number of nitrogens with one attached hydrogen (secondary N) is 2. The Balaban J connectivity index is 1.64. The number of carbonyl (C=O) groups excluding carboxylic acids is 4. The lowest BCUT2D eigenvalue weighted by Crippen LogP contribution is -2.54. The van der Waals surface area contributed by atoms with Crippen molar-refractivity contribution >= 4 is 35.2 Å². The number of esters is 1. The lowest BCUT2D eigenvalue weighted by atomic mass is 9.64. The first-order valence-electron chi connectivity index (χ1n) is 11.2. The Bertz CT molecular complexity index is 1070. The van der Waals surface area contributed by atoms with Gasteiger partial charge in [0.25, 0.3) is 17.5 Å². The van der Waals surface area contributed by atoms with Gasteiger partial charge < -0.3 is 20.1 Å². The van der Waals surface area contributed by atoms with Crippen LogP contribution in [-0.4, -0.2) is 58.9 Å². The number of rotatable bonds is 7. The fraction of sp³-hybridized carbons (Fsp3) is 0.565. The highest BCUT2D eigenvalue weighted by molar-refractivity contribution is 6.09. The van der Waals surface area contributed by atoms with E-state index in [-0.39, 0.29) is 28.5 Å². The van der Waals surface area contributed by atoms with Crippen molar-refractivity contribution in [2.24, 2.45) is 11.3 Å². The Morgan fingerprint density at radius 3 is 2.60 bits per heavy atom. The minimum atomic E-state index is -1.31. The molecule has 12 heteroatoms. The van der Waals surface area contributed by atoms with E-state index in [1.807, 2.05) is 20.8 Å². The fourth-order valence-electron chi connectivity index (χ4n) is 5.21. The smallest absolute Gasteiger partial charge is 0.327 e. The van der Waals surface area contributed by atoms with E-state index < -0.39 is 46.9 Å². The molecular weight excluding hydrogens is 460 g/mol. The predicted octanol–water partition coefficient (Wildman–Crippen LogP) is 2.61. The van der Waals surface area contributed by atoms with Gasteiger partial charge in [-0.05, 0) is 43.6 Å². The third-order valence-corrected chi connectivity index (χ3v) is 6.24. The van der Waals surface area contributed by atoms with E-state index in [0.29, 0.717) is 12.8 Å². The molecule has 2 fully saturated rings. The van der Waals surface area contributed by atoms with Crippen LogP contribution >= 0.6 is 0 Å². The molecule has 1 heterocycles. The highest BCUT2D eigenvalue weighted by Gasteiger charge is 2.56. The third-order valence-electron chi connectivity index (χ3n) is 6.24. The molecule has 3 unspecified atom stereocenters. The van der Waals surface area contributed by atoms with Crippen LogP contribution in [0.1, 0.15) is 47.0 Å². The molecule has 1 saturated carbocycles. The minimum Gasteiger partial charge on any atom is -0.495 e. The second-order valence-electron chi connectivity index (χ2n) is 10.0. The van der Waals surface area contributed by atoms with Gasteiger partial charge in [0.15, 0.2) is 6.10 Å². The number of nitrogens with zero attached hydrogens (tertiary/aromatic N) is 2. The number of imide groups is 1. The molecule has 3 rings (SSSR count). The number of carbonyl (C=O) groups is 4. The van der Waals surface area contributed by atoms with Crippen molar-refractivity contribution in [2.45, 2.75) is 58.6 Å². The zero-order valence-electron chi connectivity index (χ0n) is 20.4. The molecule has 35 heavy (non-hydrogen) atoms. The summed E-state index contributed by atoms with van der Waals surface area (Å²) in [5, 5.41) is 16.2. The number of amides is 4. The molecule has 2 aliphatic rings. The van der Waals surface area contributed by atoms with E-state index in [1.165, 1.54) is 26.2 Å². The normalized spacial score (nSPS) is 24.0. The van der Waals surface area contributed by atoms with Crippen molar-refractivity contribution in [3.8, 4) is 5.75 Å². The highest BCUT2D eigenvalue weighted by Crippen LogP contribution is 2.46. The molecule has 0 bridgehead atoms. The van der Waals surface area contributed by atoms with Crippen LogP contribution in [0.25, 0.3) is 0 Å². The number of hydrogen-bond acceptors (Lipinski definition) is 8. The Kier molecular flexibility index (Phi) is 7.04. The second-order valence-corrected chi connectivity index (χ2v) is 10.0. The van der Waals surface area contributed by atoms with Crippen molar-refractivity contribution in [3.05, 3.63) is 28.3 Å². The van der Waals surface area contributed by atoms with Gasteiger partial charge in [-0.15, -0.1) is 0 Å². The molecule has 1 aliphatic carbocycles. The number of benzene rings is 1. The first-order valence-corrected chi connectivity index (χ1v) is 11.2. The van der Waals surface area contributed by atoms with Gasteiger partial charge in [-0.1, -0.05) is 20.8 Å². The number of non-ortho nitro benzene ring substituents is 1. The number of urea groups is 1. The number of ether oxygens (including phenoxy) is 2. The summed E-state index contributed by atoms with van der Waals surface area (Å²) in [7, 11) is 1.33. The van der Waals surface area contributed by atoms with Gasteiger partial charge in [0.1, 0.15) is 17.8 Å². The van der Waals surface area contributed by atoms with E-state index in [0.717, 1.165) is 17.4 Å². The first kappa shape index (κ1) is 25.9. The Hall–Kier alpha value is -3.70. The van der Waals surface area contributed by atoms with Gasteiger partial charge in [-0.3, -0.25) is 29.4 Å². The van der Waals surface area contributed by atoms with E-state index >= 15 is 0 Å². The molecule has 0 aromatic heterocycles. The molecule has 1 saturated heterocycles. The van der Waals surface area contributed by atoms with Crippen LogP contribution in [0.4, 0.5) is 16.2 Å². The zero-order chi connectivity index (χ0) is 26.1. The summed E-state index contributed by atoms with van der Waals surface area (Å²) in [5.41, 5.74) is -1.45. The summed E-state index contributed by atoms with van der Waals surface area (Å²) in [4.78, 5) is 62.0. The van der Waals surface area contributed by atoms with E-state index in [1.54, 1.807) is 0 Å². The average molecular weight is 491 g/mol. The third kappa shape index (κ3) is 5.52. The number of nitro groups is 1. The summed E-state index contributed by atoms with van der Waals surface area (Å²) in [6.07, 6.45) is 0.553. The summed E-state index contributed by atoms with van der Waals surface area (Å²) in [6.45, 7) is 6.76. The number of nitro benzene ring substituents is 1. The van der Waals surface area contributed by atoms with E-state index in [4.69, 9.17) is 9.47 Å². The zero-order valence-corrected chi connectivity index (χ0v) is 20.4. The van der Waals surface area contributed by atoms with Gasteiger partial charge in [0.05, 0.1) is 17.7 Å². The monoisotopic (exact) mass is 490 g/mol. The van der Waals surface area contributed by atoms with Crippen LogP contribution in [0.15, 0.2) is 18.2 Å². The van der Waals surface area contributed by atoms with Crippen molar-refractivity contribution in [3.63, 3.8) is 0 Å². The number of anilines is 1. The SMILES string of the molecule is COc1ccc([N+](=O)[O-])cc1NC(=O)C(C)OC(=O)CN1C(=O)NC2(CC(C)CC(C)(C)C2)C1=O. The molecule has 1 aromatic carbocycles. The summed E-state index contributed by atoms with van der Waals surface area (Å²) < 4.78 is 10.2. The maximum atomic E-state index is 13.2. The maximum absolute atomic E-state index is 13.2. The van der Waals surface area contributed by atoms with E-state index in [9.17, 15) is 29.3 Å². The van der Waals surface area contributed by atoms with Crippen molar-refractivity contribution < 1.29 is 33.6 Å². The van der Waals surface area contributed by atoms with Gasteiger partial charge in [0, 0.05) is 12.1 Å². The largest absolute Gasteiger partial charge is 0.495 e. The summed E-state index contributed by atoms with van der Waals surface area (Å²) >= 11 is 0.